The third kappa shape index (κ3) is 10.3. The van der Waals surface area contributed by atoms with Crippen molar-refractivity contribution in [2.24, 2.45) is 5.92 Å². The van der Waals surface area contributed by atoms with Crippen LogP contribution in [0.2, 0.25) is 0 Å². The number of anilines is 2. The van der Waals surface area contributed by atoms with E-state index < -0.39 is 52.2 Å². The van der Waals surface area contributed by atoms with Crippen LogP contribution in [0.1, 0.15) is 57.3 Å². The van der Waals surface area contributed by atoms with Crippen molar-refractivity contribution in [2.75, 3.05) is 25.1 Å². The van der Waals surface area contributed by atoms with Gasteiger partial charge in [0.15, 0.2) is 0 Å². The van der Waals surface area contributed by atoms with Crippen molar-refractivity contribution in [1.82, 2.24) is 40.5 Å². The first-order valence-electron chi connectivity index (χ1n) is 19.4. The summed E-state index contributed by atoms with van der Waals surface area (Å²) in [5, 5.41) is 5.28. The average Bonchev–Trinajstić information content (AvgIpc) is 3.75. The van der Waals surface area contributed by atoms with E-state index in [1.807, 2.05) is 0 Å². The number of nitrogens with zero attached hydrogens (tertiary/aromatic N) is 6. The molecule has 13 nitrogen and oxygen atoms in total. The predicted octanol–water partition coefficient (Wildman–Crippen LogP) is 8.06. The molecule has 63 heavy (non-hydrogen) atoms. The number of rotatable bonds is 9. The van der Waals surface area contributed by atoms with Gasteiger partial charge in [-0.3, -0.25) is 19.6 Å². The Morgan fingerprint density at radius 1 is 0.683 bits per heavy atom. The standard InChI is InChI=1S/C23H23F3N4O2.C21H15F3N6O/c1-32-16-8-7-13(9-16)12-28-22(31)21-29-19-17(20(27)30-21)10-15(11-18(19)23(24,25)26)14-5-3-2-4-6-14;22-21(23,24)16-9-13(12-4-2-1-3-5-12)8-15-17(16)29-19(30-18(15)25)20(31)28-11-14-10-26-6-7-27-14/h2-6,10-11,13,16H,7-9,12H2,1H3,(H,28,31)(H2,27,29,30);1-10H,11H2,(H,28,31)(H2,25,29,30)/t13-,16+;/m0./s1. The highest BCUT2D eigenvalue weighted by Crippen LogP contribution is 2.40. The number of nitrogens with two attached hydrogens (primary N) is 2. The minimum atomic E-state index is -4.71. The number of halogens is 6. The van der Waals surface area contributed by atoms with Crippen LogP contribution in [0.15, 0.2) is 104 Å². The smallest absolute Gasteiger partial charge is 0.383 e. The molecule has 2 amide bonds. The summed E-state index contributed by atoms with van der Waals surface area (Å²) >= 11 is 0. The first-order valence-corrected chi connectivity index (χ1v) is 19.4. The van der Waals surface area contributed by atoms with E-state index in [2.05, 4.69) is 40.5 Å². The number of hydrogen-bond acceptors (Lipinski definition) is 11. The molecule has 3 aromatic heterocycles. The van der Waals surface area contributed by atoms with Gasteiger partial charge in [-0.1, -0.05) is 60.7 Å². The Morgan fingerprint density at radius 2 is 1.19 bits per heavy atom. The van der Waals surface area contributed by atoms with E-state index in [0.29, 0.717) is 34.5 Å². The number of hydrogen-bond donors (Lipinski definition) is 4. The molecular formula is C44H38F6N10O3. The van der Waals surface area contributed by atoms with E-state index in [9.17, 15) is 35.9 Å². The molecule has 7 aromatic rings. The molecule has 1 saturated carbocycles. The van der Waals surface area contributed by atoms with Crippen LogP contribution in [-0.4, -0.2) is 61.5 Å². The van der Waals surface area contributed by atoms with Crippen molar-refractivity contribution in [2.45, 2.75) is 44.3 Å². The van der Waals surface area contributed by atoms with Crippen LogP contribution in [-0.2, 0) is 23.6 Å². The van der Waals surface area contributed by atoms with Gasteiger partial charge in [-0.05, 0) is 71.7 Å². The summed E-state index contributed by atoms with van der Waals surface area (Å²) in [7, 11) is 1.65. The summed E-state index contributed by atoms with van der Waals surface area (Å²) in [6.07, 6.45) is -2.23. The van der Waals surface area contributed by atoms with Gasteiger partial charge in [0.2, 0.25) is 11.6 Å². The highest BCUT2D eigenvalue weighted by molar-refractivity contribution is 6.00. The van der Waals surface area contributed by atoms with Crippen LogP contribution < -0.4 is 22.1 Å². The van der Waals surface area contributed by atoms with Gasteiger partial charge in [0.25, 0.3) is 11.8 Å². The minimum Gasteiger partial charge on any atom is -0.383 e. The van der Waals surface area contributed by atoms with Crippen LogP contribution in [0, 0.1) is 5.92 Å². The second-order valence-corrected chi connectivity index (χ2v) is 14.6. The summed E-state index contributed by atoms with van der Waals surface area (Å²) in [6.45, 7) is 0.381. The second-order valence-electron chi connectivity index (χ2n) is 14.6. The zero-order chi connectivity index (χ0) is 44.9. The molecule has 1 aliphatic rings. The van der Waals surface area contributed by atoms with Crippen molar-refractivity contribution in [3.63, 3.8) is 0 Å². The first-order chi connectivity index (χ1) is 30.1. The molecule has 0 spiro atoms. The molecule has 0 unspecified atom stereocenters. The van der Waals surface area contributed by atoms with Crippen LogP contribution in [0.3, 0.4) is 0 Å². The first kappa shape index (κ1) is 43.8. The Labute approximate surface area is 355 Å². The lowest BCUT2D eigenvalue weighted by Gasteiger charge is -2.15. The highest BCUT2D eigenvalue weighted by Gasteiger charge is 2.36. The monoisotopic (exact) mass is 868 g/mol. The number of carbonyl (C=O) groups excluding carboxylic acids is 2. The van der Waals surface area contributed by atoms with Gasteiger partial charge in [-0.15, -0.1) is 0 Å². The largest absolute Gasteiger partial charge is 0.418 e. The third-order valence-electron chi connectivity index (χ3n) is 10.3. The number of nitrogen functional groups attached to an aromatic ring is 2. The molecule has 0 bridgehead atoms. The van der Waals surface area contributed by atoms with Crippen LogP contribution in [0.5, 0.6) is 0 Å². The Morgan fingerprint density at radius 3 is 1.63 bits per heavy atom. The number of alkyl halides is 6. The normalized spacial score (nSPS) is 15.2. The lowest BCUT2D eigenvalue weighted by molar-refractivity contribution is -0.137. The number of benzene rings is 4. The fourth-order valence-corrected chi connectivity index (χ4v) is 7.16. The molecule has 324 valence electrons. The van der Waals surface area contributed by atoms with Gasteiger partial charge in [0, 0.05) is 36.8 Å². The molecule has 8 rings (SSSR count). The van der Waals surface area contributed by atoms with Gasteiger partial charge < -0.3 is 26.8 Å². The Hall–Kier alpha value is -7.28. The van der Waals surface area contributed by atoms with Crippen molar-refractivity contribution in [3.8, 4) is 22.3 Å². The van der Waals surface area contributed by atoms with E-state index in [1.165, 1.54) is 30.7 Å². The fourth-order valence-electron chi connectivity index (χ4n) is 7.16. The molecule has 1 fully saturated rings. The predicted molar refractivity (Wildman–Crippen MR) is 222 cm³/mol. The SMILES string of the molecule is CO[C@@H]1CC[C@H](CNC(=O)c2nc(N)c3cc(-c4ccccc4)cc(C(F)(F)F)c3n2)C1.Nc1nc(C(=O)NCc2cnccn2)nc2c(C(F)(F)F)cc(-c3ccccc3)cc12. The van der Waals surface area contributed by atoms with Crippen LogP contribution in [0.4, 0.5) is 38.0 Å². The maximum absolute atomic E-state index is 13.9. The molecule has 19 heteroatoms. The van der Waals surface area contributed by atoms with E-state index in [0.717, 1.165) is 31.4 Å². The topological polar surface area (TPSA) is 197 Å². The van der Waals surface area contributed by atoms with Crippen molar-refractivity contribution in [3.05, 3.63) is 132 Å². The fraction of sp³-hybridized carbons (Fsp3) is 0.227. The van der Waals surface area contributed by atoms with Crippen LogP contribution >= 0.6 is 0 Å². The number of methoxy groups -OCH3 is 1. The molecule has 4 aromatic carbocycles. The molecule has 0 radical (unpaired) electrons. The Bertz CT molecular complexity index is 2760. The van der Waals surface area contributed by atoms with E-state index in [-0.39, 0.29) is 46.8 Å². The van der Waals surface area contributed by atoms with Gasteiger partial charge in [-0.25, -0.2) is 19.9 Å². The summed E-state index contributed by atoms with van der Waals surface area (Å²) in [4.78, 5) is 48.7. The van der Waals surface area contributed by atoms with E-state index >= 15 is 0 Å². The summed E-state index contributed by atoms with van der Waals surface area (Å²) in [5.74, 6) is -2.44. The van der Waals surface area contributed by atoms with Crippen molar-refractivity contribution < 1.29 is 40.7 Å². The van der Waals surface area contributed by atoms with Gasteiger partial charge >= 0.3 is 12.4 Å². The number of nitrogens with one attached hydrogen (secondary N) is 2. The molecule has 3 heterocycles. The van der Waals surface area contributed by atoms with Crippen molar-refractivity contribution >= 4 is 45.3 Å². The maximum atomic E-state index is 13.9. The van der Waals surface area contributed by atoms with Gasteiger partial charge in [0.1, 0.15) is 11.6 Å². The number of aromatic nitrogens is 6. The lowest BCUT2D eigenvalue weighted by Crippen LogP contribution is -2.30. The van der Waals surface area contributed by atoms with Gasteiger partial charge in [0.05, 0.1) is 46.7 Å². The molecule has 2 atom stereocenters. The van der Waals surface area contributed by atoms with Gasteiger partial charge in [-0.2, -0.15) is 26.3 Å². The molecule has 1 aliphatic carbocycles. The quantitative estimate of drug-likeness (QED) is 0.102. The molecule has 0 saturated heterocycles. The maximum Gasteiger partial charge on any atom is 0.418 e. The summed E-state index contributed by atoms with van der Waals surface area (Å²) in [6, 6.07) is 22.2. The average molecular weight is 869 g/mol. The number of ether oxygens (including phenoxy) is 1. The van der Waals surface area contributed by atoms with E-state index in [4.69, 9.17) is 16.2 Å². The highest BCUT2D eigenvalue weighted by atomic mass is 19.4. The molecular weight excluding hydrogens is 831 g/mol. The minimum absolute atomic E-state index is 0.00699. The summed E-state index contributed by atoms with van der Waals surface area (Å²) in [5.41, 5.74) is 11.4. The third-order valence-corrected chi connectivity index (χ3v) is 10.3. The number of fused-ring (bicyclic) bond motifs is 2. The number of carbonyl (C=O) groups is 2. The zero-order valence-electron chi connectivity index (χ0n) is 33.3. The lowest BCUT2D eigenvalue weighted by atomic mass is 9.99. The summed E-state index contributed by atoms with van der Waals surface area (Å²) < 4.78 is 88.5. The second kappa shape index (κ2) is 18.4. The molecule has 6 N–H and O–H groups in total. The number of amides is 2. The molecule has 0 aliphatic heterocycles. The van der Waals surface area contributed by atoms with Crippen LogP contribution in [0.25, 0.3) is 44.1 Å². The Kier molecular flexibility index (Phi) is 12.8. The Balaban J connectivity index is 0.000000189. The van der Waals surface area contributed by atoms with Crippen molar-refractivity contribution in [1.29, 1.82) is 0 Å². The van der Waals surface area contributed by atoms with E-state index in [1.54, 1.807) is 67.8 Å². The zero-order valence-corrected chi connectivity index (χ0v) is 33.3.